The van der Waals surface area contributed by atoms with Crippen molar-refractivity contribution in [1.82, 2.24) is 9.55 Å². The minimum Gasteiger partial charge on any atom is -0.394 e. The Hall–Kier alpha value is -3.17. The number of aliphatic hydroxyl groups is 1. The number of benzene rings is 1. The molecule has 0 radical (unpaired) electrons. The number of aliphatic hydroxyl groups excluding tert-OH is 1. The van der Waals surface area contributed by atoms with Crippen molar-refractivity contribution in [3.05, 3.63) is 63.9 Å². The molecule has 1 N–H and O–H groups in total. The zero-order chi connectivity index (χ0) is 27.6. The molecule has 1 aromatic carbocycles. The van der Waals surface area contributed by atoms with Crippen molar-refractivity contribution in [1.29, 1.82) is 0 Å². The third kappa shape index (κ3) is 4.34. The standard InChI is InChI=1S/C31H33F2N3O4/c32-21-1-3-26(25(33)10-21)36-15-24(27(38)14-31-11-18-7-19(12-31)9-20(8-18)13-31)29(39)23-2-4-28(34-30(23)36)35-5-6-40-17-22(35)16-37/h1-4,10,15,18-20,22,37H,5-9,11-14,16-17H2/t18?,19?,20?,22-,31?/m1/s1. The Labute approximate surface area is 230 Å². The molecule has 8 rings (SSSR count). The van der Waals surface area contributed by atoms with Gasteiger partial charge in [0.2, 0.25) is 5.43 Å². The van der Waals surface area contributed by atoms with E-state index in [9.17, 15) is 19.1 Å². The number of ketones is 1. The van der Waals surface area contributed by atoms with Gasteiger partial charge in [0, 0.05) is 25.2 Å². The summed E-state index contributed by atoms with van der Waals surface area (Å²) in [6, 6.07) is 6.21. The van der Waals surface area contributed by atoms with Crippen LogP contribution in [0, 0.1) is 34.8 Å². The number of hydrogen-bond acceptors (Lipinski definition) is 6. The second kappa shape index (κ2) is 9.73. The normalized spacial score (nSPS) is 29.3. The molecular weight excluding hydrogens is 516 g/mol. The van der Waals surface area contributed by atoms with Crippen molar-refractivity contribution < 1.29 is 23.4 Å². The lowest BCUT2D eigenvalue weighted by atomic mass is 9.48. The third-order valence-electron chi connectivity index (χ3n) is 9.74. The van der Waals surface area contributed by atoms with Gasteiger partial charge >= 0.3 is 0 Å². The Morgan fingerprint density at radius 3 is 2.48 bits per heavy atom. The van der Waals surface area contributed by atoms with E-state index in [1.165, 1.54) is 36.1 Å². The summed E-state index contributed by atoms with van der Waals surface area (Å²) >= 11 is 0. The fourth-order valence-electron chi connectivity index (χ4n) is 8.46. The molecule has 4 saturated carbocycles. The minimum absolute atomic E-state index is 0.000546. The third-order valence-corrected chi connectivity index (χ3v) is 9.74. The summed E-state index contributed by atoms with van der Waals surface area (Å²) < 4.78 is 35.9. The molecule has 3 heterocycles. The van der Waals surface area contributed by atoms with Gasteiger partial charge in [-0.2, -0.15) is 0 Å². The number of anilines is 1. The van der Waals surface area contributed by atoms with Crippen LogP contribution in [0.1, 0.15) is 55.3 Å². The van der Waals surface area contributed by atoms with Crippen molar-refractivity contribution in [3.63, 3.8) is 0 Å². The average Bonchev–Trinajstić information content (AvgIpc) is 2.92. The molecule has 7 nitrogen and oxygen atoms in total. The number of fused-ring (bicyclic) bond motifs is 1. The van der Waals surface area contributed by atoms with Crippen LogP contribution in [0.2, 0.25) is 0 Å². The van der Waals surface area contributed by atoms with Crippen LogP contribution in [0.4, 0.5) is 14.6 Å². The zero-order valence-corrected chi connectivity index (χ0v) is 22.3. The summed E-state index contributed by atoms with van der Waals surface area (Å²) in [7, 11) is 0. The maximum Gasteiger partial charge on any atom is 0.201 e. The SMILES string of the molecule is O=C(CC12CC3CC(CC(C3)C1)C2)c1cn(-c2ccc(F)cc2F)c2nc(N3CCOC[C@H]3CO)ccc2c1=O. The molecule has 1 atom stereocenters. The monoisotopic (exact) mass is 549 g/mol. The number of ether oxygens (including phenoxy) is 1. The summed E-state index contributed by atoms with van der Waals surface area (Å²) in [4.78, 5) is 34.3. The van der Waals surface area contributed by atoms with Crippen LogP contribution in [-0.4, -0.2) is 52.8 Å². The second-order valence-corrected chi connectivity index (χ2v) is 12.5. The Kier molecular flexibility index (Phi) is 6.27. The topological polar surface area (TPSA) is 84.7 Å². The minimum atomic E-state index is -0.823. The number of pyridine rings is 2. The Morgan fingerprint density at radius 1 is 1.07 bits per heavy atom. The number of hydrogen-bond donors (Lipinski definition) is 1. The summed E-state index contributed by atoms with van der Waals surface area (Å²) in [5.74, 6) is 0.748. The van der Waals surface area contributed by atoms with Gasteiger partial charge in [0.25, 0.3) is 0 Å². The molecule has 4 aliphatic carbocycles. The van der Waals surface area contributed by atoms with E-state index in [4.69, 9.17) is 9.72 Å². The van der Waals surface area contributed by atoms with Crippen LogP contribution in [0.5, 0.6) is 0 Å². The lowest BCUT2D eigenvalue weighted by molar-refractivity contribution is -0.0524. The molecule has 0 spiro atoms. The molecule has 5 fully saturated rings. The molecule has 40 heavy (non-hydrogen) atoms. The van der Waals surface area contributed by atoms with E-state index in [1.807, 2.05) is 4.90 Å². The number of carbonyl (C=O) groups excluding carboxylic acids is 1. The van der Waals surface area contributed by atoms with Crippen molar-refractivity contribution >= 4 is 22.6 Å². The Bertz CT molecular complexity index is 1520. The molecule has 0 amide bonds. The van der Waals surface area contributed by atoms with Crippen molar-refractivity contribution in [2.45, 2.75) is 51.0 Å². The fourth-order valence-corrected chi connectivity index (χ4v) is 8.46. The van der Waals surface area contributed by atoms with Gasteiger partial charge in [0.1, 0.15) is 17.5 Å². The van der Waals surface area contributed by atoms with Crippen molar-refractivity contribution in [2.24, 2.45) is 23.2 Å². The van der Waals surface area contributed by atoms with Gasteiger partial charge < -0.3 is 14.7 Å². The Balaban J connectivity index is 1.34. The zero-order valence-electron chi connectivity index (χ0n) is 22.3. The van der Waals surface area contributed by atoms with Gasteiger partial charge in [-0.05, 0) is 86.0 Å². The van der Waals surface area contributed by atoms with Gasteiger partial charge in [0.05, 0.1) is 42.5 Å². The number of nitrogens with zero attached hydrogens (tertiary/aromatic N) is 3. The molecule has 0 unspecified atom stereocenters. The number of carbonyl (C=O) groups is 1. The predicted molar refractivity (Wildman–Crippen MR) is 146 cm³/mol. The second-order valence-electron chi connectivity index (χ2n) is 12.5. The average molecular weight is 550 g/mol. The van der Waals surface area contributed by atoms with Crippen LogP contribution in [0.25, 0.3) is 16.7 Å². The summed E-state index contributed by atoms with van der Waals surface area (Å²) in [6.07, 6.45) is 8.60. The van der Waals surface area contributed by atoms with Crippen LogP contribution in [0.15, 0.2) is 41.3 Å². The predicted octanol–water partition coefficient (Wildman–Crippen LogP) is 4.65. The van der Waals surface area contributed by atoms with E-state index in [-0.39, 0.29) is 46.1 Å². The van der Waals surface area contributed by atoms with Crippen molar-refractivity contribution in [3.8, 4) is 5.69 Å². The first kappa shape index (κ1) is 25.8. The maximum atomic E-state index is 15.1. The number of Topliss-reactive ketones (excluding diaryl/α,β-unsaturated/α-hetero) is 1. The highest BCUT2D eigenvalue weighted by molar-refractivity contribution is 5.99. The van der Waals surface area contributed by atoms with E-state index in [0.717, 1.165) is 31.4 Å². The van der Waals surface area contributed by atoms with Gasteiger partial charge in [-0.25, -0.2) is 13.8 Å². The lowest BCUT2D eigenvalue weighted by Gasteiger charge is -2.56. The first-order valence-electron chi connectivity index (χ1n) is 14.3. The highest BCUT2D eigenvalue weighted by atomic mass is 19.1. The number of aromatic nitrogens is 2. The number of rotatable bonds is 6. The number of halogens is 2. The highest BCUT2D eigenvalue weighted by Crippen LogP contribution is 2.61. The summed E-state index contributed by atoms with van der Waals surface area (Å²) in [6.45, 7) is 1.12. The first-order chi connectivity index (χ1) is 19.3. The summed E-state index contributed by atoms with van der Waals surface area (Å²) in [5, 5.41) is 10.1. The lowest BCUT2D eigenvalue weighted by Crippen LogP contribution is -2.48. The first-order valence-corrected chi connectivity index (χ1v) is 14.3. The van der Waals surface area contributed by atoms with E-state index in [2.05, 4.69) is 0 Å². The van der Waals surface area contributed by atoms with E-state index >= 15 is 4.39 Å². The molecule has 5 aliphatic rings. The van der Waals surface area contributed by atoms with E-state index in [0.29, 0.717) is 49.8 Å². The molecular formula is C31H33F2N3O4. The van der Waals surface area contributed by atoms with E-state index < -0.39 is 17.1 Å². The largest absolute Gasteiger partial charge is 0.394 e. The van der Waals surface area contributed by atoms with E-state index in [1.54, 1.807) is 12.1 Å². The quantitative estimate of drug-likeness (QED) is 0.451. The smallest absolute Gasteiger partial charge is 0.201 e. The van der Waals surface area contributed by atoms with Crippen molar-refractivity contribution in [2.75, 3.05) is 31.3 Å². The molecule has 9 heteroatoms. The molecule has 3 aromatic rings. The highest BCUT2D eigenvalue weighted by Gasteiger charge is 2.51. The fraction of sp³-hybridized carbons (Fsp3) is 0.516. The Morgan fingerprint density at radius 2 is 1.80 bits per heavy atom. The van der Waals surface area contributed by atoms with Gasteiger partial charge in [-0.3, -0.25) is 14.2 Å². The molecule has 1 saturated heterocycles. The number of morpholine rings is 1. The van der Waals surface area contributed by atoms with Gasteiger partial charge in [0.15, 0.2) is 11.4 Å². The van der Waals surface area contributed by atoms with Crippen LogP contribution in [-0.2, 0) is 4.74 Å². The molecule has 2 aromatic heterocycles. The van der Waals surface area contributed by atoms with Crippen LogP contribution >= 0.6 is 0 Å². The van der Waals surface area contributed by atoms with Crippen LogP contribution < -0.4 is 10.3 Å². The molecule has 4 bridgehead atoms. The molecule has 210 valence electrons. The van der Waals surface area contributed by atoms with Crippen LogP contribution in [0.3, 0.4) is 0 Å². The van der Waals surface area contributed by atoms with Gasteiger partial charge in [-0.15, -0.1) is 0 Å². The molecule has 1 aliphatic heterocycles. The van der Waals surface area contributed by atoms with Gasteiger partial charge in [-0.1, -0.05) is 0 Å². The summed E-state index contributed by atoms with van der Waals surface area (Å²) in [5.41, 5.74) is -0.302. The maximum absolute atomic E-state index is 15.1.